The number of hydrogen-bond donors (Lipinski definition) is 2. The molecule has 2 unspecified atom stereocenters. The van der Waals surface area contributed by atoms with Crippen LogP contribution in [-0.2, 0) is 30.3 Å². The number of carbonyl (C=O) groups excluding carboxylic acids is 1. The Labute approximate surface area is 303 Å². The van der Waals surface area contributed by atoms with Gasteiger partial charge in [0.2, 0.25) is 5.91 Å². The Kier molecular flexibility index (Phi) is 12.8. The highest BCUT2D eigenvalue weighted by Crippen LogP contribution is 2.32. The SMILES string of the molecule is FC(F)OC1COC[C@H]1Oc1ccccc1-c1ccn[nH]1.O=C(Cn1ccc(-c2ccccc2O[C@@H]2COCC2OC(F)F)n1)Nc1cccc(F)c1F. The molecular formula is C36H33F6N5O7. The van der Waals surface area contributed by atoms with Crippen molar-refractivity contribution in [2.75, 3.05) is 31.7 Å². The number of aromatic amines is 1. The number of para-hydroxylation sites is 2. The third kappa shape index (κ3) is 9.95. The van der Waals surface area contributed by atoms with Crippen molar-refractivity contribution in [1.82, 2.24) is 20.0 Å². The van der Waals surface area contributed by atoms with Gasteiger partial charge in [0.15, 0.2) is 23.8 Å². The maximum Gasteiger partial charge on any atom is 0.345 e. The van der Waals surface area contributed by atoms with Crippen LogP contribution in [0.4, 0.5) is 32.0 Å². The van der Waals surface area contributed by atoms with Crippen molar-refractivity contribution < 1.29 is 59.6 Å². The van der Waals surface area contributed by atoms with Gasteiger partial charge in [-0.2, -0.15) is 27.8 Å². The number of ether oxygens (including phenoxy) is 6. The Morgan fingerprint density at radius 3 is 1.98 bits per heavy atom. The number of nitrogens with one attached hydrogen (secondary N) is 2. The molecule has 2 aliphatic rings. The summed E-state index contributed by atoms with van der Waals surface area (Å²) in [5.41, 5.74) is 2.34. The molecule has 0 aliphatic carbocycles. The van der Waals surface area contributed by atoms with E-state index in [1.54, 1.807) is 48.7 Å². The van der Waals surface area contributed by atoms with Crippen molar-refractivity contribution in [3.05, 3.63) is 103 Å². The molecular weight excluding hydrogens is 728 g/mol. The summed E-state index contributed by atoms with van der Waals surface area (Å²) >= 11 is 0. The maximum absolute atomic E-state index is 13.7. The van der Waals surface area contributed by atoms with Crippen LogP contribution in [-0.4, -0.2) is 90.0 Å². The van der Waals surface area contributed by atoms with Gasteiger partial charge in [-0.1, -0.05) is 30.3 Å². The number of rotatable bonds is 13. The zero-order valence-corrected chi connectivity index (χ0v) is 28.1. The van der Waals surface area contributed by atoms with Crippen LogP contribution in [0.1, 0.15) is 0 Å². The third-order valence-corrected chi connectivity index (χ3v) is 8.08. The molecule has 286 valence electrons. The fourth-order valence-electron chi connectivity index (χ4n) is 5.60. The summed E-state index contributed by atoms with van der Waals surface area (Å²) < 4.78 is 109. The molecule has 1 amide bonds. The van der Waals surface area contributed by atoms with Gasteiger partial charge in [0.05, 0.1) is 43.5 Å². The minimum Gasteiger partial charge on any atom is -0.484 e. The van der Waals surface area contributed by atoms with Crippen molar-refractivity contribution >= 4 is 11.6 Å². The number of alkyl halides is 4. The number of H-pyrrole nitrogens is 1. The lowest BCUT2D eigenvalue weighted by Gasteiger charge is -2.20. The number of nitrogens with zero attached hydrogens (tertiary/aromatic N) is 3. The smallest absolute Gasteiger partial charge is 0.345 e. The standard InChI is InChI=1S/C22H19F4N3O4.C14H14F2N2O3/c23-14-5-3-6-16(21(14)24)27-20(30)10-29-9-8-15(28-29)13-4-1-2-7-17(13)32-18-11-31-12-19(18)33-22(25)26;15-14(16)21-13-8-19-7-12(13)20-11-4-2-1-3-9(11)10-5-6-17-18-10/h1-9,18-19,22H,10-12H2,(H,27,30);1-6,12-14H,7-8H2,(H,17,18)/t18-,19?;12-,13?/m11/s1. The van der Waals surface area contributed by atoms with Crippen LogP contribution in [0.3, 0.4) is 0 Å². The Balaban J connectivity index is 0.000000203. The molecule has 7 rings (SSSR count). The Morgan fingerprint density at radius 1 is 0.778 bits per heavy atom. The second kappa shape index (κ2) is 18.1. The monoisotopic (exact) mass is 761 g/mol. The van der Waals surface area contributed by atoms with Gasteiger partial charge >= 0.3 is 13.2 Å². The Hall–Kier alpha value is -5.43. The first kappa shape index (κ1) is 38.3. The van der Waals surface area contributed by atoms with Crippen molar-refractivity contribution in [2.45, 2.75) is 44.2 Å². The van der Waals surface area contributed by atoms with Crippen LogP contribution in [0.15, 0.2) is 91.3 Å². The second-order valence-corrected chi connectivity index (χ2v) is 11.8. The third-order valence-electron chi connectivity index (χ3n) is 8.08. The molecule has 0 radical (unpaired) electrons. The lowest BCUT2D eigenvalue weighted by atomic mass is 10.1. The number of aromatic nitrogens is 4. The largest absolute Gasteiger partial charge is 0.484 e. The van der Waals surface area contributed by atoms with E-state index in [1.165, 1.54) is 23.0 Å². The van der Waals surface area contributed by atoms with Gasteiger partial charge in [-0.15, -0.1) is 0 Å². The lowest BCUT2D eigenvalue weighted by Crippen LogP contribution is -2.34. The van der Waals surface area contributed by atoms with Gasteiger partial charge in [-0.3, -0.25) is 14.6 Å². The summed E-state index contributed by atoms with van der Waals surface area (Å²) in [6.07, 6.45) is 0.183. The molecule has 18 heteroatoms. The van der Waals surface area contributed by atoms with E-state index < -0.39 is 55.2 Å². The van der Waals surface area contributed by atoms with Gasteiger partial charge < -0.3 is 33.7 Å². The van der Waals surface area contributed by atoms with Crippen molar-refractivity contribution in [3.8, 4) is 34.0 Å². The minimum atomic E-state index is -2.94. The molecule has 12 nitrogen and oxygen atoms in total. The highest BCUT2D eigenvalue weighted by atomic mass is 19.3. The van der Waals surface area contributed by atoms with E-state index in [4.69, 9.17) is 18.9 Å². The highest BCUT2D eigenvalue weighted by Gasteiger charge is 2.35. The summed E-state index contributed by atoms with van der Waals surface area (Å²) in [5.74, 6) is -1.87. The highest BCUT2D eigenvalue weighted by molar-refractivity contribution is 5.90. The number of halogens is 6. The first-order chi connectivity index (χ1) is 26.1. The fourth-order valence-corrected chi connectivity index (χ4v) is 5.60. The topological polar surface area (TPSA) is 131 Å². The average Bonchev–Trinajstić information content (AvgIpc) is 3.98. The lowest BCUT2D eigenvalue weighted by molar-refractivity contribution is -0.175. The predicted molar refractivity (Wildman–Crippen MR) is 179 cm³/mol. The van der Waals surface area contributed by atoms with E-state index in [1.807, 2.05) is 18.2 Å². The van der Waals surface area contributed by atoms with Gasteiger partial charge in [0.1, 0.15) is 30.3 Å². The average molecular weight is 762 g/mol. The van der Waals surface area contributed by atoms with Crippen molar-refractivity contribution in [1.29, 1.82) is 0 Å². The van der Waals surface area contributed by atoms with Crippen LogP contribution in [0.5, 0.6) is 11.5 Å². The van der Waals surface area contributed by atoms with Gasteiger partial charge in [-0.05, 0) is 48.5 Å². The Bertz CT molecular complexity index is 1970. The summed E-state index contributed by atoms with van der Waals surface area (Å²) in [5, 5.41) is 13.4. The molecule has 54 heavy (non-hydrogen) atoms. The van der Waals surface area contributed by atoms with Gasteiger partial charge in [0, 0.05) is 23.5 Å². The van der Waals surface area contributed by atoms with E-state index in [2.05, 4.69) is 30.1 Å². The van der Waals surface area contributed by atoms with E-state index in [-0.39, 0.29) is 38.7 Å². The first-order valence-electron chi connectivity index (χ1n) is 16.5. The second-order valence-electron chi connectivity index (χ2n) is 11.8. The van der Waals surface area contributed by atoms with Crippen LogP contribution in [0.25, 0.3) is 22.5 Å². The van der Waals surface area contributed by atoms with E-state index in [9.17, 15) is 31.1 Å². The molecule has 0 bridgehead atoms. The van der Waals surface area contributed by atoms with E-state index in [0.29, 0.717) is 22.8 Å². The predicted octanol–water partition coefficient (Wildman–Crippen LogP) is 6.31. The summed E-state index contributed by atoms with van der Waals surface area (Å²) in [7, 11) is 0. The quantitative estimate of drug-likeness (QED) is 0.133. The number of amides is 1. The van der Waals surface area contributed by atoms with Crippen molar-refractivity contribution in [2.24, 2.45) is 0 Å². The van der Waals surface area contributed by atoms with Gasteiger partial charge in [-0.25, -0.2) is 8.78 Å². The zero-order valence-electron chi connectivity index (χ0n) is 28.1. The minimum absolute atomic E-state index is 0.00712. The molecule has 2 saturated heterocycles. The van der Waals surface area contributed by atoms with Crippen LogP contribution >= 0.6 is 0 Å². The molecule has 0 saturated carbocycles. The number of carbonyl (C=O) groups is 1. The normalized spacial score (nSPS) is 19.5. The fraction of sp³-hybridized carbons (Fsp3) is 0.306. The van der Waals surface area contributed by atoms with Gasteiger partial charge in [0.25, 0.3) is 0 Å². The summed E-state index contributed by atoms with van der Waals surface area (Å²) in [6, 6.07) is 21.1. The number of anilines is 1. The molecule has 0 spiro atoms. The number of hydrogen-bond acceptors (Lipinski definition) is 9. The van der Waals surface area contributed by atoms with E-state index in [0.717, 1.165) is 17.3 Å². The molecule has 5 aromatic rings. The molecule has 2 N–H and O–H groups in total. The molecule has 2 aliphatic heterocycles. The van der Waals surface area contributed by atoms with Crippen molar-refractivity contribution in [3.63, 3.8) is 0 Å². The van der Waals surface area contributed by atoms with Crippen LogP contribution < -0.4 is 14.8 Å². The molecule has 3 aromatic carbocycles. The molecule has 4 atom stereocenters. The maximum atomic E-state index is 13.7. The molecule has 2 aromatic heterocycles. The van der Waals surface area contributed by atoms with Crippen LogP contribution in [0, 0.1) is 11.6 Å². The van der Waals surface area contributed by atoms with Crippen LogP contribution in [0.2, 0.25) is 0 Å². The summed E-state index contributed by atoms with van der Waals surface area (Å²) in [6.45, 7) is -5.63. The number of benzene rings is 3. The zero-order chi connectivity index (χ0) is 38.0. The molecule has 2 fully saturated rings. The van der Waals surface area contributed by atoms with E-state index >= 15 is 0 Å². The first-order valence-corrected chi connectivity index (χ1v) is 16.5. The Morgan fingerprint density at radius 2 is 1.37 bits per heavy atom. The summed E-state index contributed by atoms with van der Waals surface area (Å²) in [4.78, 5) is 12.2. The molecule has 4 heterocycles.